The van der Waals surface area contributed by atoms with E-state index >= 15 is 0 Å². The number of nitrogens with zero attached hydrogens (tertiary/aromatic N) is 1. The Morgan fingerprint density at radius 2 is 2.50 bits per heavy atom. The van der Waals surface area contributed by atoms with E-state index in [4.69, 9.17) is 5.26 Å². The highest BCUT2D eigenvalue weighted by molar-refractivity contribution is 5.75. The lowest BCUT2D eigenvalue weighted by Gasteiger charge is -2.22. The summed E-state index contributed by atoms with van der Waals surface area (Å²) in [6.45, 7) is 4.44. The molecular weight excluding hydrogens is 202 g/mol. The molecule has 0 radical (unpaired) electrons. The van der Waals surface area contributed by atoms with Gasteiger partial charge < -0.3 is 10.6 Å². The first-order valence-electron chi connectivity index (χ1n) is 6.09. The minimum atomic E-state index is -0.0969. The molecular formula is C12H21N3O. The second-order valence-electron chi connectivity index (χ2n) is 4.59. The molecule has 0 bridgehead atoms. The topological polar surface area (TPSA) is 64.9 Å². The molecule has 2 unspecified atom stereocenters. The van der Waals surface area contributed by atoms with Gasteiger partial charge in [-0.15, -0.1) is 0 Å². The zero-order chi connectivity index (χ0) is 11.8. The van der Waals surface area contributed by atoms with Crippen molar-refractivity contribution in [3.63, 3.8) is 0 Å². The lowest BCUT2D eigenvalue weighted by atomic mass is 9.94. The lowest BCUT2D eigenvalue weighted by Crippen LogP contribution is -2.32. The van der Waals surface area contributed by atoms with Gasteiger partial charge in [-0.2, -0.15) is 5.26 Å². The molecule has 2 atom stereocenters. The molecule has 0 aromatic heterocycles. The number of hydrogen-bond donors (Lipinski definition) is 2. The van der Waals surface area contributed by atoms with Crippen LogP contribution in [0.25, 0.3) is 0 Å². The number of nitrogens with one attached hydrogen (secondary N) is 2. The summed E-state index contributed by atoms with van der Waals surface area (Å²) in [5.41, 5.74) is 0. The van der Waals surface area contributed by atoms with Gasteiger partial charge in [-0.05, 0) is 45.2 Å². The van der Waals surface area contributed by atoms with Gasteiger partial charge in [-0.25, -0.2) is 0 Å². The largest absolute Gasteiger partial charge is 0.355 e. The Labute approximate surface area is 97.4 Å². The number of nitriles is 1. The first kappa shape index (κ1) is 13.0. The third kappa shape index (κ3) is 5.13. The van der Waals surface area contributed by atoms with Crippen LogP contribution < -0.4 is 10.6 Å². The van der Waals surface area contributed by atoms with E-state index in [-0.39, 0.29) is 11.8 Å². The first-order chi connectivity index (χ1) is 7.72. The van der Waals surface area contributed by atoms with Crippen LogP contribution in [0.4, 0.5) is 0 Å². The summed E-state index contributed by atoms with van der Waals surface area (Å²) in [5.74, 6) is 0.626. The van der Waals surface area contributed by atoms with Gasteiger partial charge in [0, 0.05) is 13.0 Å². The monoisotopic (exact) mass is 223 g/mol. The zero-order valence-corrected chi connectivity index (χ0v) is 9.96. The van der Waals surface area contributed by atoms with Crippen molar-refractivity contribution >= 4 is 5.91 Å². The van der Waals surface area contributed by atoms with Crippen LogP contribution in [0, 0.1) is 23.2 Å². The highest BCUT2D eigenvalue weighted by Gasteiger charge is 2.14. The summed E-state index contributed by atoms with van der Waals surface area (Å²) in [6.07, 6.45) is 4.00. The summed E-state index contributed by atoms with van der Waals surface area (Å²) in [5, 5.41) is 14.7. The molecule has 0 aliphatic carbocycles. The Morgan fingerprint density at radius 3 is 3.12 bits per heavy atom. The molecule has 4 nitrogen and oxygen atoms in total. The van der Waals surface area contributed by atoms with Crippen LogP contribution in [0.5, 0.6) is 0 Å². The van der Waals surface area contributed by atoms with Crippen LogP contribution in [0.15, 0.2) is 0 Å². The fourth-order valence-corrected chi connectivity index (χ4v) is 1.91. The third-order valence-corrected chi connectivity index (χ3v) is 3.00. The van der Waals surface area contributed by atoms with E-state index < -0.39 is 0 Å². The van der Waals surface area contributed by atoms with Crippen molar-refractivity contribution in [3.05, 3.63) is 0 Å². The predicted octanol–water partition coefficient (Wildman–Crippen LogP) is 1.04. The number of rotatable bonds is 5. The second kappa shape index (κ2) is 7.24. The molecule has 1 aliphatic heterocycles. The Hall–Kier alpha value is -1.08. The van der Waals surface area contributed by atoms with E-state index in [2.05, 4.69) is 16.7 Å². The van der Waals surface area contributed by atoms with Crippen molar-refractivity contribution in [1.29, 1.82) is 5.26 Å². The lowest BCUT2D eigenvalue weighted by molar-refractivity contribution is -0.121. The molecule has 0 spiro atoms. The van der Waals surface area contributed by atoms with Gasteiger partial charge in [-0.1, -0.05) is 0 Å². The minimum absolute atomic E-state index is 0.0765. The maximum absolute atomic E-state index is 11.5. The smallest absolute Gasteiger partial charge is 0.220 e. The summed E-state index contributed by atoms with van der Waals surface area (Å²) >= 11 is 0. The van der Waals surface area contributed by atoms with Gasteiger partial charge in [0.2, 0.25) is 5.91 Å². The zero-order valence-electron chi connectivity index (χ0n) is 9.96. The fourth-order valence-electron chi connectivity index (χ4n) is 1.91. The van der Waals surface area contributed by atoms with Crippen molar-refractivity contribution in [1.82, 2.24) is 10.6 Å². The summed E-state index contributed by atoms with van der Waals surface area (Å²) in [6, 6.07) is 2.10. The average molecular weight is 223 g/mol. The Morgan fingerprint density at radius 1 is 1.69 bits per heavy atom. The van der Waals surface area contributed by atoms with Crippen molar-refractivity contribution in [2.75, 3.05) is 19.6 Å². The Balaban J connectivity index is 2.07. The molecule has 1 amide bonds. The van der Waals surface area contributed by atoms with Crippen LogP contribution in [0.2, 0.25) is 0 Å². The standard InChI is InChI=1S/C12H21N3O/c1-10(7-13)8-15-12(16)5-4-11-3-2-6-14-9-11/h10-11,14H,2-6,8-9H2,1H3,(H,15,16). The Bertz CT molecular complexity index is 253. The number of amides is 1. The molecule has 16 heavy (non-hydrogen) atoms. The van der Waals surface area contributed by atoms with Crippen molar-refractivity contribution in [2.24, 2.45) is 11.8 Å². The van der Waals surface area contributed by atoms with E-state index in [9.17, 15) is 4.79 Å². The van der Waals surface area contributed by atoms with Crippen LogP contribution in [0.1, 0.15) is 32.6 Å². The molecule has 1 fully saturated rings. The molecule has 90 valence electrons. The third-order valence-electron chi connectivity index (χ3n) is 3.00. The summed E-state index contributed by atoms with van der Waals surface area (Å²) in [4.78, 5) is 11.5. The second-order valence-corrected chi connectivity index (χ2v) is 4.59. The fraction of sp³-hybridized carbons (Fsp3) is 0.833. The summed E-state index contributed by atoms with van der Waals surface area (Å²) in [7, 11) is 0. The van der Waals surface area contributed by atoms with E-state index in [1.54, 1.807) is 0 Å². The van der Waals surface area contributed by atoms with Crippen LogP contribution in [-0.4, -0.2) is 25.5 Å². The normalized spacial score (nSPS) is 22.1. The van der Waals surface area contributed by atoms with Crippen LogP contribution in [-0.2, 0) is 4.79 Å². The number of carbonyl (C=O) groups excluding carboxylic acids is 1. The van der Waals surface area contributed by atoms with Crippen molar-refractivity contribution in [2.45, 2.75) is 32.6 Å². The SMILES string of the molecule is CC(C#N)CNC(=O)CCC1CCCNC1. The van der Waals surface area contributed by atoms with Crippen LogP contribution in [0.3, 0.4) is 0 Å². The molecule has 0 saturated carbocycles. The minimum Gasteiger partial charge on any atom is -0.355 e. The van der Waals surface area contributed by atoms with Crippen LogP contribution >= 0.6 is 0 Å². The maximum Gasteiger partial charge on any atom is 0.220 e. The highest BCUT2D eigenvalue weighted by Crippen LogP contribution is 2.15. The number of piperidine rings is 1. The van der Waals surface area contributed by atoms with E-state index in [1.807, 2.05) is 6.92 Å². The van der Waals surface area contributed by atoms with Gasteiger partial charge in [0.25, 0.3) is 0 Å². The molecule has 1 saturated heterocycles. The molecule has 1 aliphatic rings. The van der Waals surface area contributed by atoms with Crippen molar-refractivity contribution in [3.8, 4) is 6.07 Å². The predicted molar refractivity (Wildman–Crippen MR) is 62.6 cm³/mol. The van der Waals surface area contributed by atoms with Crippen molar-refractivity contribution < 1.29 is 4.79 Å². The molecule has 0 aromatic carbocycles. The first-order valence-corrected chi connectivity index (χ1v) is 6.09. The van der Waals surface area contributed by atoms with Gasteiger partial charge in [0.15, 0.2) is 0 Å². The van der Waals surface area contributed by atoms with E-state index in [1.165, 1.54) is 12.8 Å². The molecule has 1 rings (SSSR count). The molecule has 2 N–H and O–H groups in total. The number of carbonyl (C=O) groups is 1. The van der Waals surface area contributed by atoms with Gasteiger partial charge in [0.1, 0.15) is 0 Å². The van der Waals surface area contributed by atoms with Gasteiger partial charge in [0.05, 0.1) is 12.0 Å². The Kier molecular flexibility index (Phi) is 5.87. The molecule has 4 heteroatoms. The van der Waals surface area contributed by atoms with Gasteiger partial charge in [-0.3, -0.25) is 4.79 Å². The van der Waals surface area contributed by atoms with E-state index in [0.717, 1.165) is 19.5 Å². The average Bonchev–Trinajstić information content (AvgIpc) is 2.34. The molecule has 0 aromatic rings. The quantitative estimate of drug-likeness (QED) is 0.732. The highest BCUT2D eigenvalue weighted by atomic mass is 16.1. The maximum atomic E-state index is 11.5. The van der Waals surface area contributed by atoms with E-state index in [0.29, 0.717) is 18.9 Å². The summed E-state index contributed by atoms with van der Waals surface area (Å²) < 4.78 is 0. The number of hydrogen-bond acceptors (Lipinski definition) is 3. The van der Waals surface area contributed by atoms with Gasteiger partial charge >= 0.3 is 0 Å². The molecule has 1 heterocycles.